The van der Waals surface area contributed by atoms with Crippen LogP contribution in [0.25, 0.3) is 11.4 Å². The van der Waals surface area contributed by atoms with Gasteiger partial charge in [-0.3, -0.25) is 4.79 Å². The maximum atomic E-state index is 13.1. The molecule has 26 heavy (non-hydrogen) atoms. The van der Waals surface area contributed by atoms with Crippen LogP contribution in [0.4, 0.5) is 4.39 Å². The summed E-state index contributed by atoms with van der Waals surface area (Å²) in [6.45, 7) is 1.01. The molecule has 0 spiro atoms. The molecule has 1 aliphatic heterocycles. The summed E-state index contributed by atoms with van der Waals surface area (Å²) in [6, 6.07) is 13.1. The number of hydrogen-bond donors (Lipinski definition) is 0. The number of nitrogens with zero attached hydrogens (tertiary/aromatic N) is 3. The molecule has 4 nitrogen and oxygen atoms in total. The molecule has 0 atom stereocenters. The van der Waals surface area contributed by atoms with Crippen LogP contribution >= 0.6 is 11.6 Å². The topological polar surface area (TPSA) is 46.1 Å². The lowest BCUT2D eigenvalue weighted by Gasteiger charge is -2.28. The van der Waals surface area contributed by atoms with Crippen molar-refractivity contribution in [3.8, 4) is 11.4 Å². The summed E-state index contributed by atoms with van der Waals surface area (Å²) in [6.07, 6.45) is 2.38. The number of aromatic nitrogens is 2. The van der Waals surface area contributed by atoms with Crippen molar-refractivity contribution in [2.24, 2.45) is 0 Å². The number of carbonyl (C=O) groups excluding carboxylic acids is 1. The van der Waals surface area contributed by atoms with Crippen LogP contribution < -0.4 is 0 Å². The smallest absolute Gasteiger partial charge is 0.255 e. The SMILES string of the molecule is O=C(c1ccccc1Cl)N1CCc2nc(-c3ccc(F)cc3)ncc2C1. The van der Waals surface area contributed by atoms with Crippen LogP contribution in [0, 0.1) is 5.82 Å². The van der Waals surface area contributed by atoms with E-state index in [2.05, 4.69) is 9.97 Å². The Balaban J connectivity index is 1.57. The third-order valence-electron chi connectivity index (χ3n) is 4.43. The highest BCUT2D eigenvalue weighted by Crippen LogP contribution is 2.24. The second-order valence-corrected chi connectivity index (χ2v) is 6.54. The van der Waals surface area contributed by atoms with Crippen molar-refractivity contribution < 1.29 is 9.18 Å². The van der Waals surface area contributed by atoms with Gasteiger partial charge in [-0.2, -0.15) is 0 Å². The van der Waals surface area contributed by atoms with Crippen LogP contribution in [0.3, 0.4) is 0 Å². The van der Waals surface area contributed by atoms with Gasteiger partial charge in [-0.05, 0) is 36.4 Å². The molecule has 4 rings (SSSR count). The molecular weight excluding hydrogens is 353 g/mol. The Morgan fingerprint density at radius 3 is 2.65 bits per heavy atom. The third-order valence-corrected chi connectivity index (χ3v) is 4.76. The van der Waals surface area contributed by atoms with Crippen LogP contribution in [-0.2, 0) is 13.0 Å². The monoisotopic (exact) mass is 367 g/mol. The molecule has 0 saturated heterocycles. The molecule has 1 aromatic heterocycles. The number of hydrogen-bond acceptors (Lipinski definition) is 3. The Hall–Kier alpha value is -2.79. The van der Waals surface area contributed by atoms with E-state index in [4.69, 9.17) is 11.6 Å². The van der Waals surface area contributed by atoms with Crippen LogP contribution in [0.5, 0.6) is 0 Å². The fraction of sp³-hybridized carbons (Fsp3) is 0.150. The Kier molecular flexibility index (Phi) is 4.39. The van der Waals surface area contributed by atoms with E-state index in [9.17, 15) is 9.18 Å². The van der Waals surface area contributed by atoms with Crippen molar-refractivity contribution in [3.05, 3.63) is 82.4 Å². The molecule has 0 aliphatic carbocycles. The molecule has 0 fully saturated rings. The lowest BCUT2D eigenvalue weighted by Crippen LogP contribution is -2.36. The van der Waals surface area contributed by atoms with Gasteiger partial charge in [0.25, 0.3) is 5.91 Å². The van der Waals surface area contributed by atoms with E-state index in [1.54, 1.807) is 47.5 Å². The van der Waals surface area contributed by atoms with Gasteiger partial charge in [-0.15, -0.1) is 0 Å². The number of benzene rings is 2. The quantitative estimate of drug-likeness (QED) is 0.684. The molecule has 0 N–H and O–H groups in total. The van der Waals surface area contributed by atoms with Crippen molar-refractivity contribution in [1.29, 1.82) is 0 Å². The molecule has 1 amide bonds. The summed E-state index contributed by atoms with van der Waals surface area (Å²) in [7, 11) is 0. The van der Waals surface area contributed by atoms with Gasteiger partial charge in [-0.25, -0.2) is 14.4 Å². The first-order chi connectivity index (χ1) is 12.6. The van der Waals surface area contributed by atoms with Crippen molar-refractivity contribution in [2.45, 2.75) is 13.0 Å². The van der Waals surface area contributed by atoms with Crippen molar-refractivity contribution in [2.75, 3.05) is 6.54 Å². The molecule has 1 aliphatic rings. The standard InChI is InChI=1S/C20H15ClFN3O/c21-17-4-2-1-3-16(17)20(26)25-10-9-18-14(12-25)11-23-19(24-18)13-5-7-15(22)8-6-13/h1-8,11H,9-10,12H2. The lowest BCUT2D eigenvalue weighted by molar-refractivity contribution is 0.0733. The highest BCUT2D eigenvalue weighted by molar-refractivity contribution is 6.33. The summed E-state index contributed by atoms with van der Waals surface area (Å²) >= 11 is 6.14. The van der Waals surface area contributed by atoms with Crippen molar-refractivity contribution >= 4 is 17.5 Å². The molecule has 2 heterocycles. The van der Waals surface area contributed by atoms with Crippen LogP contribution in [0.15, 0.2) is 54.7 Å². The molecular formula is C20H15ClFN3O. The van der Waals surface area contributed by atoms with Crippen LogP contribution in [0.1, 0.15) is 21.6 Å². The van der Waals surface area contributed by atoms with Gasteiger partial charge in [0, 0.05) is 36.8 Å². The molecule has 130 valence electrons. The summed E-state index contributed by atoms with van der Waals surface area (Å²) in [5, 5.41) is 0.450. The Morgan fingerprint density at radius 2 is 1.88 bits per heavy atom. The van der Waals surface area contributed by atoms with Crippen molar-refractivity contribution in [1.82, 2.24) is 14.9 Å². The Morgan fingerprint density at radius 1 is 1.12 bits per heavy atom. The van der Waals surface area contributed by atoms with E-state index >= 15 is 0 Å². The molecule has 0 radical (unpaired) electrons. The third kappa shape index (κ3) is 3.18. The zero-order valence-electron chi connectivity index (χ0n) is 13.8. The molecule has 3 aromatic rings. The van der Waals surface area contributed by atoms with E-state index in [0.717, 1.165) is 16.8 Å². The maximum Gasteiger partial charge on any atom is 0.255 e. The highest BCUT2D eigenvalue weighted by atomic mass is 35.5. The van der Waals surface area contributed by atoms with E-state index in [1.807, 2.05) is 0 Å². The number of carbonyl (C=O) groups is 1. The van der Waals surface area contributed by atoms with Gasteiger partial charge in [0.1, 0.15) is 5.82 Å². The first-order valence-electron chi connectivity index (χ1n) is 8.26. The van der Waals surface area contributed by atoms with E-state index < -0.39 is 0 Å². The summed E-state index contributed by atoms with van der Waals surface area (Å²) < 4.78 is 13.1. The Labute approximate surface area is 155 Å². The van der Waals surface area contributed by atoms with Gasteiger partial charge in [0.2, 0.25) is 0 Å². The summed E-state index contributed by atoms with van der Waals surface area (Å²) in [5.41, 5.74) is 3.11. The first-order valence-corrected chi connectivity index (χ1v) is 8.64. The lowest BCUT2D eigenvalue weighted by atomic mass is 10.1. The predicted octanol–water partition coefficient (Wildman–Crippen LogP) is 4.13. The van der Waals surface area contributed by atoms with Crippen LogP contribution in [-0.4, -0.2) is 27.3 Å². The zero-order chi connectivity index (χ0) is 18.1. The minimum atomic E-state index is -0.291. The highest BCUT2D eigenvalue weighted by Gasteiger charge is 2.24. The average Bonchev–Trinajstić information content (AvgIpc) is 2.67. The second kappa shape index (κ2) is 6.84. The van der Waals surface area contributed by atoms with Gasteiger partial charge < -0.3 is 4.90 Å². The largest absolute Gasteiger partial charge is 0.334 e. The van der Waals surface area contributed by atoms with Crippen molar-refractivity contribution in [3.63, 3.8) is 0 Å². The van der Waals surface area contributed by atoms with Gasteiger partial charge >= 0.3 is 0 Å². The molecule has 0 saturated carbocycles. The molecule has 2 aromatic carbocycles. The van der Waals surface area contributed by atoms with Crippen LogP contribution in [0.2, 0.25) is 5.02 Å². The number of rotatable bonds is 2. The van der Waals surface area contributed by atoms with Gasteiger partial charge in [-0.1, -0.05) is 23.7 Å². The minimum Gasteiger partial charge on any atom is -0.334 e. The normalized spacial score (nSPS) is 13.4. The summed E-state index contributed by atoms with van der Waals surface area (Å²) in [5.74, 6) is 0.180. The Bertz CT molecular complexity index is 975. The predicted molar refractivity (Wildman–Crippen MR) is 97.3 cm³/mol. The molecule has 0 unspecified atom stereocenters. The average molecular weight is 368 g/mol. The number of halogens is 2. The van der Waals surface area contributed by atoms with E-state index in [0.29, 0.717) is 35.9 Å². The second-order valence-electron chi connectivity index (χ2n) is 6.13. The molecule has 6 heteroatoms. The fourth-order valence-corrected chi connectivity index (χ4v) is 3.25. The van der Waals surface area contributed by atoms with E-state index in [1.165, 1.54) is 12.1 Å². The van der Waals surface area contributed by atoms with E-state index in [-0.39, 0.29) is 11.7 Å². The molecule has 0 bridgehead atoms. The maximum absolute atomic E-state index is 13.1. The first kappa shape index (κ1) is 16.7. The number of amides is 1. The van der Waals surface area contributed by atoms with Gasteiger partial charge in [0.05, 0.1) is 16.3 Å². The fourth-order valence-electron chi connectivity index (χ4n) is 3.03. The minimum absolute atomic E-state index is 0.0936. The number of fused-ring (bicyclic) bond motifs is 1. The zero-order valence-corrected chi connectivity index (χ0v) is 14.6. The summed E-state index contributed by atoms with van der Waals surface area (Å²) in [4.78, 5) is 23.4. The van der Waals surface area contributed by atoms with Gasteiger partial charge in [0.15, 0.2) is 5.82 Å².